The molecule has 0 fully saturated rings. The van der Waals surface area contributed by atoms with E-state index in [0.717, 1.165) is 11.1 Å². The highest BCUT2D eigenvalue weighted by molar-refractivity contribution is 5.87. The molecular weight excluding hydrogens is 272 g/mol. The number of benzene rings is 2. The van der Waals surface area contributed by atoms with Crippen molar-refractivity contribution < 1.29 is 4.79 Å². The molecule has 0 aromatic heterocycles. The molecule has 0 saturated carbocycles. The van der Waals surface area contributed by atoms with E-state index in [-0.39, 0.29) is 17.7 Å². The minimum atomic E-state index is -0.335. The van der Waals surface area contributed by atoms with Crippen LogP contribution in [0.25, 0.3) is 0 Å². The van der Waals surface area contributed by atoms with Crippen molar-refractivity contribution in [3.8, 4) is 6.07 Å². The minimum absolute atomic E-state index is 0.0134. The Labute approximate surface area is 131 Å². The standard InChI is InChI=1S/C19H20N2O/c1-15(13-20)14-21(2)19(22)18(16-9-5-3-6-10-16)17-11-7-4-8-12-17/h3-12,15,18H,14H2,1-2H3/t15-/m1/s1. The van der Waals surface area contributed by atoms with Crippen molar-refractivity contribution in [2.24, 2.45) is 5.92 Å². The van der Waals surface area contributed by atoms with Crippen LogP contribution in [0.5, 0.6) is 0 Å². The fourth-order valence-corrected chi connectivity index (χ4v) is 2.53. The van der Waals surface area contributed by atoms with Crippen molar-refractivity contribution >= 4 is 5.91 Å². The summed E-state index contributed by atoms with van der Waals surface area (Å²) in [5.41, 5.74) is 1.94. The van der Waals surface area contributed by atoms with Gasteiger partial charge in [0.25, 0.3) is 0 Å². The highest BCUT2D eigenvalue weighted by Gasteiger charge is 2.26. The summed E-state index contributed by atoms with van der Waals surface area (Å²) in [5, 5.41) is 8.95. The lowest BCUT2D eigenvalue weighted by atomic mass is 9.90. The van der Waals surface area contributed by atoms with Crippen LogP contribution in [0, 0.1) is 17.2 Å². The summed E-state index contributed by atoms with van der Waals surface area (Å²) < 4.78 is 0. The second kappa shape index (κ2) is 7.42. The number of carbonyl (C=O) groups excluding carboxylic acids is 1. The molecule has 2 aromatic carbocycles. The number of amides is 1. The van der Waals surface area contributed by atoms with Gasteiger partial charge in [0.05, 0.1) is 17.9 Å². The van der Waals surface area contributed by atoms with Gasteiger partial charge in [-0.1, -0.05) is 60.7 Å². The Bertz CT molecular complexity index is 607. The molecule has 0 aliphatic heterocycles. The van der Waals surface area contributed by atoms with E-state index < -0.39 is 0 Å². The van der Waals surface area contributed by atoms with E-state index in [4.69, 9.17) is 5.26 Å². The van der Waals surface area contributed by atoms with Crippen molar-refractivity contribution in [1.29, 1.82) is 5.26 Å². The SMILES string of the molecule is C[C@H](C#N)CN(C)C(=O)C(c1ccccc1)c1ccccc1. The molecule has 0 unspecified atom stereocenters. The predicted molar refractivity (Wildman–Crippen MR) is 87.1 cm³/mol. The summed E-state index contributed by atoms with van der Waals surface area (Å²) in [6.07, 6.45) is 0. The number of nitriles is 1. The molecular formula is C19H20N2O. The third-order valence-corrected chi connectivity index (χ3v) is 3.66. The zero-order valence-corrected chi connectivity index (χ0v) is 12.9. The van der Waals surface area contributed by atoms with Crippen LogP contribution in [-0.4, -0.2) is 24.4 Å². The summed E-state index contributed by atoms with van der Waals surface area (Å²) in [5.74, 6) is -0.501. The Kier molecular flexibility index (Phi) is 5.32. The van der Waals surface area contributed by atoms with Gasteiger partial charge in [-0.3, -0.25) is 4.79 Å². The lowest BCUT2D eigenvalue weighted by molar-refractivity contribution is -0.130. The van der Waals surface area contributed by atoms with Crippen molar-refractivity contribution in [1.82, 2.24) is 4.90 Å². The molecule has 0 aliphatic rings. The lowest BCUT2D eigenvalue weighted by Gasteiger charge is -2.25. The van der Waals surface area contributed by atoms with Crippen LogP contribution in [0.2, 0.25) is 0 Å². The molecule has 1 atom stereocenters. The topological polar surface area (TPSA) is 44.1 Å². The quantitative estimate of drug-likeness (QED) is 0.847. The predicted octanol–water partition coefficient (Wildman–Crippen LogP) is 3.44. The molecule has 2 aromatic rings. The normalized spacial score (nSPS) is 11.7. The van der Waals surface area contributed by atoms with Crippen LogP contribution in [0.4, 0.5) is 0 Å². The van der Waals surface area contributed by atoms with Gasteiger partial charge in [-0.25, -0.2) is 0 Å². The van der Waals surface area contributed by atoms with Crippen molar-refractivity contribution in [2.45, 2.75) is 12.8 Å². The highest BCUT2D eigenvalue weighted by Crippen LogP contribution is 2.26. The highest BCUT2D eigenvalue weighted by atomic mass is 16.2. The van der Waals surface area contributed by atoms with Gasteiger partial charge in [0, 0.05) is 13.6 Å². The third kappa shape index (κ3) is 3.73. The monoisotopic (exact) mass is 292 g/mol. The molecule has 0 radical (unpaired) electrons. The van der Waals surface area contributed by atoms with E-state index >= 15 is 0 Å². The smallest absolute Gasteiger partial charge is 0.234 e. The Hall–Kier alpha value is -2.60. The van der Waals surface area contributed by atoms with E-state index in [0.29, 0.717) is 6.54 Å². The summed E-state index contributed by atoms with van der Waals surface area (Å²) in [4.78, 5) is 14.6. The van der Waals surface area contributed by atoms with Crippen LogP contribution in [-0.2, 0) is 4.79 Å². The average molecular weight is 292 g/mol. The van der Waals surface area contributed by atoms with E-state index in [1.807, 2.05) is 67.6 Å². The van der Waals surface area contributed by atoms with Gasteiger partial charge in [-0.15, -0.1) is 0 Å². The van der Waals surface area contributed by atoms with Crippen molar-refractivity contribution in [3.63, 3.8) is 0 Å². The van der Waals surface area contributed by atoms with Gasteiger partial charge in [-0.05, 0) is 18.1 Å². The van der Waals surface area contributed by atoms with Crippen LogP contribution in [0.1, 0.15) is 24.0 Å². The van der Waals surface area contributed by atoms with Crippen molar-refractivity contribution in [2.75, 3.05) is 13.6 Å². The number of carbonyl (C=O) groups is 1. The molecule has 2 rings (SSSR count). The van der Waals surface area contributed by atoms with E-state index in [2.05, 4.69) is 6.07 Å². The zero-order valence-electron chi connectivity index (χ0n) is 12.9. The molecule has 1 amide bonds. The minimum Gasteiger partial charge on any atom is -0.344 e. The maximum absolute atomic E-state index is 12.9. The lowest BCUT2D eigenvalue weighted by Crippen LogP contribution is -2.35. The molecule has 3 nitrogen and oxygen atoms in total. The average Bonchev–Trinajstić information content (AvgIpc) is 2.56. The third-order valence-electron chi connectivity index (χ3n) is 3.66. The van der Waals surface area contributed by atoms with Crippen LogP contribution in [0.15, 0.2) is 60.7 Å². The second-order valence-electron chi connectivity index (χ2n) is 5.50. The Morgan fingerprint density at radius 1 is 1.05 bits per heavy atom. The molecule has 0 aliphatic carbocycles. The molecule has 0 heterocycles. The first-order valence-electron chi connectivity index (χ1n) is 7.38. The molecule has 0 saturated heterocycles. The van der Waals surface area contributed by atoms with Gasteiger partial charge in [-0.2, -0.15) is 5.26 Å². The Balaban J connectivity index is 2.33. The molecule has 112 valence electrons. The molecule has 0 bridgehead atoms. The number of hydrogen-bond acceptors (Lipinski definition) is 2. The summed E-state index contributed by atoms with van der Waals surface area (Å²) in [7, 11) is 1.76. The number of hydrogen-bond donors (Lipinski definition) is 0. The molecule has 3 heteroatoms. The van der Waals surface area contributed by atoms with Crippen LogP contribution >= 0.6 is 0 Å². The maximum Gasteiger partial charge on any atom is 0.234 e. The Morgan fingerprint density at radius 3 is 1.91 bits per heavy atom. The summed E-state index contributed by atoms with van der Waals surface area (Å²) >= 11 is 0. The van der Waals surface area contributed by atoms with Gasteiger partial charge < -0.3 is 4.90 Å². The van der Waals surface area contributed by atoms with Gasteiger partial charge in [0.2, 0.25) is 5.91 Å². The first kappa shape index (κ1) is 15.8. The molecule has 0 N–H and O–H groups in total. The van der Waals surface area contributed by atoms with Crippen LogP contribution < -0.4 is 0 Å². The first-order valence-corrected chi connectivity index (χ1v) is 7.38. The fraction of sp³-hybridized carbons (Fsp3) is 0.263. The summed E-state index contributed by atoms with van der Waals surface area (Å²) in [6, 6.07) is 21.7. The fourth-order valence-electron chi connectivity index (χ4n) is 2.53. The maximum atomic E-state index is 12.9. The zero-order chi connectivity index (χ0) is 15.9. The van der Waals surface area contributed by atoms with E-state index in [1.165, 1.54) is 0 Å². The van der Waals surface area contributed by atoms with E-state index in [1.54, 1.807) is 11.9 Å². The second-order valence-corrected chi connectivity index (χ2v) is 5.50. The van der Waals surface area contributed by atoms with Crippen LogP contribution in [0.3, 0.4) is 0 Å². The number of rotatable bonds is 5. The molecule has 0 spiro atoms. The number of nitrogens with zero attached hydrogens (tertiary/aromatic N) is 2. The molecule has 22 heavy (non-hydrogen) atoms. The number of likely N-dealkylation sites (N-methyl/N-ethyl adjacent to an activating group) is 1. The van der Waals surface area contributed by atoms with Crippen molar-refractivity contribution in [3.05, 3.63) is 71.8 Å². The first-order chi connectivity index (χ1) is 10.6. The van der Waals surface area contributed by atoms with Gasteiger partial charge in [0.1, 0.15) is 0 Å². The van der Waals surface area contributed by atoms with Gasteiger partial charge in [0.15, 0.2) is 0 Å². The summed E-state index contributed by atoms with van der Waals surface area (Å²) in [6.45, 7) is 2.26. The van der Waals surface area contributed by atoms with E-state index in [9.17, 15) is 4.79 Å². The van der Waals surface area contributed by atoms with Gasteiger partial charge >= 0.3 is 0 Å². The Morgan fingerprint density at radius 2 is 1.50 bits per heavy atom. The largest absolute Gasteiger partial charge is 0.344 e.